The van der Waals surface area contributed by atoms with Gasteiger partial charge in [-0.3, -0.25) is 0 Å². The molecule has 0 bridgehead atoms. The number of alkyl halides is 2. The smallest absolute Gasteiger partial charge is 0.338 e. The highest BCUT2D eigenvalue weighted by molar-refractivity contribution is 7.89. The Morgan fingerprint density at radius 2 is 1.74 bits per heavy atom. The van der Waals surface area contributed by atoms with E-state index in [-0.39, 0.29) is 45.7 Å². The first kappa shape index (κ1) is 29.8. The molecule has 1 fully saturated rings. The van der Waals surface area contributed by atoms with E-state index in [1.165, 1.54) is 47.8 Å². The molecule has 3 aromatic carbocycles. The van der Waals surface area contributed by atoms with Gasteiger partial charge in [0.15, 0.2) is 11.6 Å². The summed E-state index contributed by atoms with van der Waals surface area (Å²) < 4.78 is 92.4. The van der Waals surface area contributed by atoms with Gasteiger partial charge in [0, 0.05) is 50.1 Å². The van der Waals surface area contributed by atoms with E-state index in [1.807, 2.05) is 13.8 Å². The van der Waals surface area contributed by atoms with Crippen molar-refractivity contribution in [1.29, 1.82) is 0 Å². The van der Waals surface area contributed by atoms with Gasteiger partial charge in [-0.2, -0.15) is 4.31 Å². The minimum Gasteiger partial charge on any atom is -0.478 e. The lowest BCUT2D eigenvalue weighted by Crippen LogP contribution is -2.54. The number of carboxylic acid groups (broad SMARTS) is 1. The first-order chi connectivity index (χ1) is 19.7. The Kier molecular flexibility index (Phi) is 7.73. The second-order valence-corrected chi connectivity index (χ2v) is 13.2. The van der Waals surface area contributed by atoms with Gasteiger partial charge in [-0.15, -0.1) is 0 Å². The molecule has 1 saturated carbocycles. The van der Waals surface area contributed by atoms with E-state index in [4.69, 9.17) is 4.74 Å². The Morgan fingerprint density at radius 3 is 2.36 bits per heavy atom. The highest BCUT2D eigenvalue weighted by Crippen LogP contribution is 2.48. The van der Waals surface area contributed by atoms with E-state index >= 15 is 0 Å². The summed E-state index contributed by atoms with van der Waals surface area (Å²) in [6.07, 6.45) is -0.458. The number of likely N-dealkylation sites (N-methyl/N-ethyl adjacent to an activating group) is 1. The van der Waals surface area contributed by atoms with Crippen molar-refractivity contribution < 1.29 is 40.6 Å². The van der Waals surface area contributed by atoms with Crippen LogP contribution < -0.4 is 9.64 Å². The maximum atomic E-state index is 14.7. The summed E-state index contributed by atoms with van der Waals surface area (Å²) in [5.41, 5.74) is -0.387. The monoisotopic (exact) mass is 606 g/mol. The first-order valence-electron chi connectivity index (χ1n) is 13.4. The average molecular weight is 607 g/mol. The number of anilines is 1. The summed E-state index contributed by atoms with van der Waals surface area (Å²) in [5, 5.41) is 9.51. The Morgan fingerprint density at radius 1 is 1.05 bits per heavy atom. The van der Waals surface area contributed by atoms with Gasteiger partial charge < -0.3 is 14.7 Å². The van der Waals surface area contributed by atoms with Crippen LogP contribution in [0.3, 0.4) is 0 Å². The molecule has 2 aliphatic rings. The number of aromatic carboxylic acids is 1. The van der Waals surface area contributed by atoms with Crippen molar-refractivity contribution in [1.82, 2.24) is 4.31 Å². The molecule has 1 heterocycles. The molecule has 3 aromatic rings. The van der Waals surface area contributed by atoms with Crippen LogP contribution in [0.5, 0.6) is 11.5 Å². The van der Waals surface area contributed by atoms with Crippen LogP contribution in [0.2, 0.25) is 0 Å². The third-order valence-corrected chi connectivity index (χ3v) is 9.71. The van der Waals surface area contributed by atoms with Gasteiger partial charge in [-0.1, -0.05) is 32.0 Å². The molecule has 0 saturated heterocycles. The van der Waals surface area contributed by atoms with E-state index in [2.05, 4.69) is 0 Å². The Labute approximate surface area is 241 Å². The fraction of sp³-hybridized carbons (Fsp3) is 0.367. The maximum absolute atomic E-state index is 14.7. The summed E-state index contributed by atoms with van der Waals surface area (Å²) in [7, 11) is -2.77. The molecule has 1 aliphatic heterocycles. The number of sulfonamides is 1. The van der Waals surface area contributed by atoms with Gasteiger partial charge in [0.2, 0.25) is 10.0 Å². The van der Waals surface area contributed by atoms with Crippen molar-refractivity contribution in [2.45, 2.75) is 56.0 Å². The number of fused-ring (bicyclic) bond motifs is 1. The van der Waals surface area contributed by atoms with Gasteiger partial charge in [0.25, 0.3) is 5.92 Å². The van der Waals surface area contributed by atoms with E-state index in [1.54, 1.807) is 4.90 Å². The van der Waals surface area contributed by atoms with E-state index in [0.717, 1.165) is 18.2 Å². The van der Waals surface area contributed by atoms with Crippen LogP contribution in [0.1, 0.15) is 43.5 Å². The number of carboxylic acids is 1. The van der Waals surface area contributed by atoms with Gasteiger partial charge in [-0.25, -0.2) is 30.8 Å². The minimum atomic E-state index is -4.21. The second-order valence-electron chi connectivity index (χ2n) is 11.2. The highest BCUT2D eigenvalue weighted by Gasteiger charge is 2.50. The number of ether oxygens (including phenoxy) is 1. The summed E-state index contributed by atoms with van der Waals surface area (Å²) in [6.45, 7) is 4.01. The molecule has 1 aliphatic carbocycles. The number of rotatable bonds is 7. The molecule has 0 unspecified atom stereocenters. The number of para-hydroxylation sites is 1. The number of hydrogen-bond donors (Lipinski definition) is 1. The van der Waals surface area contributed by atoms with Crippen molar-refractivity contribution in [2.75, 3.05) is 18.5 Å². The maximum Gasteiger partial charge on any atom is 0.338 e. The molecular weight excluding hydrogens is 576 g/mol. The number of hydrogen-bond acceptors (Lipinski definition) is 5. The second kappa shape index (κ2) is 10.9. The number of carbonyl (C=O) groups is 1. The third kappa shape index (κ3) is 5.57. The van der Waals surface area contributed by atoms with Crippen LogP contribution >= 0.6 is 0 Å². The van der Waals surface area contributed by atoms with Crippen molar-refractivity contribution in [3.8, 4) is 22.6 Å². The van der Waals surface area contributed by atoms with Crippen LogP contribution in [0.4, 0.5) is 23.2 Å². The van der Waals surface area contributed by atoms with Crippen molar-refractivity contribution in [2.24, 2.45) is 5.92 Å². The zero-order valence-electron chi connectivity index (χ0n) is 23.2. The predicted octanol–water partition coefficient (Wildman–Crippen LogP) is 6.78. The van der Waals surface area contributed by atoms with Crippen LogP contribution in [0.25, 0.3) is 11.1 Å². The van der Waals surface area contributed by atoms with Gasteiger partial charge in [0.1, 0.15) is 16.5 Å². The lowest BCUT2D eigenvalue weighted by Gasteiger charge is -2.45. The SMILES string of the molecule is CC(C)C[C@@H]1CN(C2CC(F)(F)C2)c2cc(Oc3ccccc3F)c(-c3ccc(F)c(C(=O)O)c3)cc2S(=O)(=O)N1C. The molecular formula is C30H30F4N2O5S. The normalized spacial score (nSPS) is 20.1. The topological polar surface area (TPSA) is 87.1 Å². The fourth-order valence-electron chi connectivity index (χ4n) is 5.55. The number of halogens is 4. The Bertz CT molecular complexity index is 1640. The first-order valence-corrected chi connectivity index (χ1v) is 14.9. The van der Waals surface area contributed by atoms with Gasteiger partial charge >= 0.3 is 5.97 Å². The van der Waals surface area contributed by atoms with Crippen LogP contribution in [-0.4, -0.2) is 55.4 Å². The summed E-state index contributed by atoms with van der Waals surface area (Å²) >= 11 is 0. The molecule has 42 heavy (non-hydrogen) atoms. The predicted molar refractivity (Wildman–Crippen MR) is 149 cm³/mol. The quantitative estimate of drug-likeness (QED) is 0.299. The zero-order chi connectivity index (χ0) is 30.6. The Hall–Kier alpha value is -3.64. The van der Waals surface area contributed by atoms with Crippen molar-refractivity contribution in [3.63, 3.8) is 0 Å². The molecule has 0 amide bonds. The zero-order valence-corrected chi connectivity index (χ0v) is 24.0. The van der Waals surface area contributed by atoms with Crippen LogP contribution in [-0.2, 0) is 10.0 Å². The summed E-state index contributed by atoms with van der Waals surface area (Å²) in [6, 6.07) is 10.1. The summed E-state index contributed by atoms with van der Waals surface area (Å²) in [4.78, 5) is 13.1. The molecule has 5 rings (SSSR count). The lowest BCUT2D eigenvalue weighted by molar-refractivity contribution is -0.0862. The molecule has 1 N–H and O–H groups in total. The Balaban J connectivity index is 1.77. The van der Waals surface area contributed by atoms with Gasteiger partial charge in [-0.05, 0) is 48.2 Å². The fourth-order valence-corrected chi connectivity index (χ4v) is 7.11. The van der Waals surface area contributed by atoms with E-state index in [0.29, 0.717) is 6.42 Å². The van der Waals surface area contributed by atoms with Crippen LogP contribution in [0.15, 0.2) is 59.5 Å². The van der Waals surface area contributed by atoms with Crippen molar-refractivity contribution >= 4 is 21.7 Å². The molecule has 7 nitrogen and oxygen atoms in total. The molecule has 12 heteroatoms. The van der Waals surface area contributed by atoms with E-state index < -0.39 is 64.0 Å². The highest BCUT2D eigenvalue weighted by atomic mass is 32.2. The van der Waals surface area contributed by atoms with Crippen LogP contribution in [0, 0.1) is 17.6 Å². The van der Waals surface area contributed by atoms with Gasteiger partial charge in [0.05, 0.1) is 11.3 Å². The number of nitrogens with zero attached hydrogens (tertiary/aromatic N) is 2. The largest absolute Gasteiger partial charge is 0.478 e. The van der Waals surface area contributed by atoms with Crippen molar-refractivity contribution in [3.05, 3.63) is 71.8 Å². The number of benzene rings is 3. The molecule has 0 radical (unpaired) electrons. The molecule has 1 atom stereocenters. The lowest BCUT2D eigenvalue weighted by atomic mass is 9.85. The van der Waals surface area contributed by atoms with E-state index in [9.17, 15) is 35.9 Å². The molecule has 0 aromatic heterocycles. The standard InChI is InChI=1S/C30H30F4N2O5S/c1-17(2)10-19-16-36(20-14-30(33,34)15-20)25-13-27(41-26-7-5-4-6-24(26)32)21(12-28(25)42(39,40)35(19)3)18-8-9-23(31)22(11-18)29(37)38/h4-9,11-13,17,19-20H,10,14-16H2,1-3H3,(H,37,38)/t19-/m1/s1. The molecule has 224 valence electrons. The minimum absolute atomic E-state index is 0.0534. The molecule has 0 spiro atoms. The third-order valence-electron chi connectivity index (χ3n) is 7.77. The average Bonchev–Trinajstić information content (AvgIpc) is 2.97. The summed E-state index contributed by atoms with van der Waals surface area (Å²) in [5.74, 6) is -6.31.